The molecule has 0 bridgehead atoms. The van der Waals surface area contributed by atoms with Crippen molar-refractivity contribution < 1.29 is 22.7 Å². The van der Waals surface area contributed by atoms with Gasteiger partial charge in [-0.15, -0.1) is 0 Å². The van der Waals surface area contributed by atoms with Gasteiger partial charge in [-0.25, -0.2) is 0 Å². The van der Waals surface area contributed by atoms with Crippen LogP contribution in [0, 0.1) is 0 Å². The second-order valence-corrected chi connectivity index (χ2v) is 10.6. The predicted octanol–water partition coefficient (Wildman–Crippen LogP) is 8.61. The molecule has 3 atom stereocenters. The third kappa shape index (κ3) is 4.90. The third-order valence-corrected chi connectivity index (χ3v) is 7.87. The number of rotatable bonds is 2. The maximum Gasteiger partial charge on any atom is 0.416 e. The van der Waals surface area contributed by atoms with Crippen LogP contribution >= 0.6 is 23.2 Å². The molecule has 0 amide bonds. The number of aromatic nitrogens is 1. The lowest BCUT2D eigenvalue weighted by molar-refractivity contribution is -0.149. The van der Waals surface area contributed by atoms with Gasteiger partial charge in [0.25, 0.3) is 0 Å². The van der Waals surface area contributed by atoms with E-state index in [1.54, 1.807) is 24.3 Å². The monoisotopic (exact) mass is 535 g/mol. The van der Waals surface area contributed by atoms with Crippen molar-refractivity contribution >= 4 is 29.2 Å². The van der Waals surface area contributed by atoms with Crippen molar-refractivity contribution in [1.29, 1.82) is 0 Å². The molecule has 3 aromatic rings. The van der Waals surface area contributed by atoms with E-state index in [2.05, 4.69) is 10.8 Å². The van der Waals surface area contributed by atoms with E-state index in [0.717, 1.165) is 59.3 Å². The first-order chi connectivity index (χ1) is 17.1. The minimum Gasteiger partial charge on any atom is -0.463 e. The Bertz CT molecular complexity index is 1280. The molecule has 0 N–H and O–H groups in total. The van der Waals surface area contributed by atoms with Crippen LogP contribution in [0.15, 0.2) is 48.7 Å². The van der Waals surface area contributed by atoms with Crippen molar-refractivity contribution in [3.8, 4) is 11.1 Å². The Kier molecular flexibility index (Phi) is 6.86. The van der Waals surface area contributed by atoms with Gasteiger partial charge in [-0.05, 0) is 74.4 Å². The van der Waals surface area contributed by atoms with E-state index >= 15 is 0 Å². The lowest BCUT2D eigenvalue weighted by Gasteiger charge is -2.31. The molecule has 8 heteroatoms. The number of hydrogen-bond donors (Lipinski definition) is 0. The van der Waals surface area contributed by atoms with E-state index < -0.39 is 11.7 Å². The molecule has 2 heterocycles. The fourth-order valence-electron chi connectivity index (χ4n) is 5.64. The molecule has 2 aromatic carbocycles. The minimum atomic E-state index is -4.40. The molecular formula is C28H26Cl2F3NO2. The van der Waals surface area contributed by atoms with E-state index in [9.17, 15) is 18.0 Å². The summed E-state index contributed by atoms with van der Waals surface area (Å²) in [6.07, 6.45) is 1.47. The van der Waals surface area contributed by atoms with Gasteiger partial charge in [-0.2, -0.15) is 13.2 Å². The van der Waals surface area contributed by atoms with Gasteiger partial charge in [0.2, 0.25) is 0 Å². The Labute approximate surface area is 218 Å². The van der Waals surface area contributed by atoms with Gasteiger partial charge in [-0.1, -0.05) is 41.4 Å². The van der Waals surface area contributed by atoms with Crippen LogP contribution in [0.1, 0.15) is 73.4 Å². The van der Waals surface area contributed by atoms with Crippen LogP contribution in [0.25, 0.3) is 11.1 Å². The highest BCUT2D eigenvalue weighted by Crippen LogP contribution is 2.46. The molecule has 0 spiro atoms. The number of hydrogen-bond acceptors (Lipinski definition) is 2. The number of cyclic esters (lactones) is 1. The third-order valence-electron chi connectivity index (χ3n) is 7.32. The quantitative estimate of drug-likeness (QED) is 0.307. The zero-order chi connectivity index (χ0) is 25.6. The summed E-state index contributed by atoms with van der Waals surface area (Å²) in [6, 6.07) is 10.6. The maximum atomic E-state index is 13.2. The summed E-state index contributed by atoms with van der Waals surface area (Å²) in [4.78, 5) is 12.7. The molecule has 2 unspecified atom stereocenters. The average Bonchev–Trinajstić information content (AvgIpc) is 3.19. The van der Waals surface area contributed by atoms with Gasteiger partial charge >= 0.3 is 12.1 Å². The van der Waals surface area contributed by atoms with Crippen LogP contribution in [0.2, 0.25) is 10.0 Å². The zero-order valence-electron chi connectivity index (χ0n) is 19.7. The lowest BCUT2D eigenvalue weighted by Crippen LogP contribution is -2.26. The van der Waals surface area contributed by atoms with Gasteiger partial charge < -0.3 is 9.30 Å². The van der Waals surface area contributed by atoms with Crippen molar-refractivity contribution in [3.05, 3.63) is 81.1 Å². The molecule has 190 valence electrons. The summed E-state index contributed by atoms with van der Waals surface area (Å²) in [6.45, 7) is 1.87. The van der Waals surface area contributed by atoms with Crippen LogP contribution in [0.5, 0.6) is 0 Å². The molecule has 0 radical (unpaired) electrons. The maximum absolute atomic E-state index is 13.2. The molecule has 1 aliphatic carbocycles. The Balaban J connectivity index is 1.69. The van der Waals surface area contributed by atoms with Crippen molar-refractivity contribution in [2.75, 3.05) is 0 Å². The van der Waals surface area contributed by atoms with E-state index in [1.165, 1.54) is 0 Å². The first kappa shape index (κ1) is 25.2. The van der Waals surface area contributed by atoms with Gasteiger partial charge in [0.1, 0.15) is 0 Å². The number of nitrogens with zero attached hydrogens (tertiary/aromatic N) is 1. The number of halogens is 5. The van der Waals surface area contributed by atoms with Crippen molar-refractivity contribution in [2.24, 2.45) is 0 Å². The summed E-state index contributed by atoms with van der Waals surface area (Å²) in [5, 5.41) is 1.08. The topological polar surface area (TPSA) is 31.2 Å². The summed E-state index contributed by atoms with van der Waals surface area (Å²) in [5.74, 6) is -0.254. The highest BCUT2D eigenvalue weighted by atomic mass is 35.5. The summed E-state index contributed by atoms with van der Waals surface area (Å²) >= 11 is 12.8. The van der Waals surface area contributed by atoms with Gasteiger partial charge in [-0.3, -0.25) is 4.79 Å². The van der Waals surface area contributed by atoms with Gasteiger partial charge in [0.15, 0.2) is 0 Å². The number of ether oxygens (including phenoxy) is 1. The molecule has 2 aliphatic rings. The standard InChI is InChI=1S/C28H26Cl2F3NO2/c1-16-5-12-25(17-6-8-19(9-7-17)28(31,32)33)34-15-23(21-11-10-20(29)14-24(21)30)22-4-2-3-18(27(22)34)13-26(35)36-16/h6-11,14-16,18,25H,2-5,12-13H2,1H3/t16?,18?,25-/m1/s1. The van der Waals surface area contributed by atoms with E-state index in [0.29, 0.717) is 22.9 Å². The van der Waals surface area contributed by atoms with Crippen LogP contribution in [0.4, 0.5) is 13.2 Å². The molecule has 0 saturated heterocycles. The highest BCUT2D eigenvalue weighted by molar-refractivity contribution is 6.36. The SMILES string of the molecule is CC1CC[C@H](c2ccc(C(F)(F)F)cc2)n2cc(-c3ccc(Cl)cc3Cl)c3c2C(CCC3)CC(=O)O1. The van der Waals surface area contributed by atoms with E-state index in [-0.39, 0.29) is 30.5 Å². The van der Waals surface area contributed by atoms with Crippen LogP contribution in [-0.2, 0) is 22.1 Å². The van der Waals surface area contributed by atoms with Crippen molar-refractivity contribution in [3.63, 3.8) is 0 Å². The summed E-state index contributed by atoms with van der Waals surface area (Å²) in [5.41, 5.74) is 4.14. The van der Waals surface area contributed by atoms with E-state index in [4.69, 9.17) is 27.9 Å². The molecule has 0 saturated carbocycles. The Morgan fingerprint density at radius 3 is 2.44 bits per heavy atom. The first-order valence-corrected chi connectivity index (χ1v) is 12.9. The van der Waals surface area contributed by atoms with E-state index in [1.807, 2.05) is 13.0 Å². The number of esters is 1. The van der Waals surface area contributed by atoms with Crippen LogP contribution in [0.3, 0.4) is 0 Å². The summed E-state index contributed by atoms with van der Waals surface area (Å²) in [7, 11) is 0. The number of alkyl halides is 3. The first-order valence-electron chi connectivity index (χ1n) is 12.2. The molecule has 36 heavy (non-hydrogen) atoms. The fourth-order valence-corrected chi connectivity index (χ4v) is 6.15. The second-order valence-electron chi connectivity index (χ2n) is 9.74. The zero-order valence-corrected chi connectivity index (χ0v) is 21.3. The second kappa shape index (κ2) is 9.79. The highest BCUT2D eigenvalue weighted by Gasteiger charge is 2.35. The fraction of sp³-hybridized carbons (Fsp3) is 0.393. The van der Waals surface area contributed by atoms with Crippen LogP contribution in [-0.4, -0.2) is 16.6 Å². The van der Waals surface area contributed by atoms with Crippen molar-refractivity contribution in [1.82, 2.24) is 4.57 Å². The normalized spacial score (nSPS) is 22.6. The Hall–Kier alpha value is -2.44. The molecule has 3 nitrogen and oxygen atoms in total. The van der Waals surface area contributed by atoms with Gasteiger partial charge in [0, 0.05) is 39.0 Å². The number of benzene rings is 2. The Morgan fingerprint density at radius 2 is 1.75 bits per heavy atom. The smallest absolute Gasteiger partial charge is 0.416 e. The largest absolute Gasteiger partial charge is 0.463 e. The van der Waals surface area contributed by atoms with Crippen molar-refractivity contribution in [2.45, 2.75) is 69.7 Å². The molecular weight excluding hydrogens is 510 g/mol. The average molecular weight is 536 g/mol. The van der Waals surface area contributed by atoms with Gasteiger partial charge in [0.05, 0.1) is 24.1 Å². The number of carbonyl (C=O) groups excluding carboxylic acids is 1. The summed E-state index contributed by atoms with van der Waals surface area (Å²) < 4.78 is 47.6. The lowest BCUT2D eigenvalue weighted by atomic mass is 9.82. The Morgan fingerprint density at radius 1 is 1.00 bits per heavy atom. The molecule has 0 fully saturated rings. The van der Waals surface area contributed by atoms with Crippen LogP contribution < -0.4 is 0 Å². The molecule has 1 aromatic heterocycles. The minimum absolute atomic E-state index is 0.0386. The molecule has 5 rings (SSSR count). The number of carbonyl (C=O) groups is 1. The predicted molar refractivity (Wildman–Crippen MR) is 135 cm³/mol. The molecule has 1 aliphatic heterocycles.